The van der Waals surface area contributed by atoms with Crippen molar-refractivity contribution in [2.75, 3.05) is 23.7 Å². The number of likely N-dealkylation sites (tertiary alicyclic amines) is 1. The molecule has 3 amide bonds. The Morgan fingerprint density at radius 2 is 1.69 bits per heavy atom. The molecule has 4 atom stereocenters. The third-order valence-corrected chi connectivity index (χ3v) is 7.27. The van der Waals surface area contributed by atoms with E-state index in [4.69, 9.17) is 5.73 Å². The van der Waals surface area contributed by atoms with Gasteiger partial charge in [0.25, 0.3) is 5.56 Å². The number of aromatic amines is 1. The fourth-order valence-corrected chi connectivity index (χ4v) is 5.69. The number of allylic oxidation sites excluding steroid dienone is 2. The fraction of sp³-hybridized carbons (Fsp3) is 0.400. The Bertz CT molecular complexity index is 1310. The van der Waals surface area contributed by atoms with E-state index in [9.17, 15) is 24.0 Å². The average Bonchev–Trinajstić information content (AvgIpc) is 3.52. The van der Waals surface area contributed by atoms with Crippen molar-refractivity contribution in [3.63, 3.8) is 0 Å². The van der Waals surface area contributed by atoms with Crippen LogP contribution in [0.25, 0.3) is 0 Å². The Morgan fingerprint density at radius 3 is 2.29 bits per heavy atom. The molecule has 0 radical (unpaired) electrons. The summed E-state index contributed by atoms with van der Waals surface area (Å²) in [6, 6.07) is 9.10. The molecule has 10 heteroatoms. The van der Waals surface area contributed by atoms with Crippen molar-refractivity contribution < 1.29 is 14.4 Å². The summed E-state index contributed by atoms with van der Waals surface area (Å²) in [7, 11) is 0. The van der Waals surface area contributed by atoms with E-state index in [1.54, 1.807) is 0 Å². The van der Waals surface area contributed by atoms with Gasteiger partial charge in [-0.05, 0) is 30.2 Å². The van der Waals surface area contributed by atoms with Crippen LogP contribution in [-0.4, -0.2) is 45.3 Å². The summed E-state index contributed by atoms with van der Waals surface area (Å²) in [5.41, 5.74) is 5.42. The first-order valence-electron chi connectivity index (χ1n) is 11.8. The van der Waals surface area contributed by atoms with Crippen molar-refractivity contribution in [3.8, 4) is 0 Å². The molecule has 2 fully saturated rings. The fourth-order valence-electron chi connectivity index (χ4n) is 5.69. The molecule has 10 nitrogen and oxygen atoms in total. The number of nitrogens with zero attached hydrogens (tertiary/aromatic N) is 3. The number of carbonyl (C=O) groups is 3. The van der Waals surface area contributed by atoms with Crippen LogP contribution >= 0.6 is 0 Å². The number of rotatable bonds is 7. The first-order valence-corrected chi connectivity index (χ1v) is 11.8. The van der Waals surface area contributed by atoms with E-state index in [1.807, 2.05) is 49.4 Å². The molecular formula is C25H27N5O5. The molecular weight excluding hydrogens is 450 g/mol. The summed E-state index contributed by atoms with van der Waals surface area (Å²) in [5, 5.41) is 0. The van der Waals surface area contributed by atoms with E-state index in [0.29, 0.717) is 6.42 Å². The Balaban J connectivity index is 1.45. The summed E-state index contributed by atoms with van der Waals surface area (Å²) in [5.74, 6) is -2.17. The minimum Gasteiger partial charge on any atom is -0.383 e. The first kappa shape index (κ1) is 22.8. The van der Waals surface area contributed by atoms with Gasteiger partial charge in [0, 0.05) is 6.54 Å². The van der Waals surface area contributed by atoms with Crippen molar-refractivity contribution in [1.82, 2.24) is 14.5 Å². The lowest BCUT2D eigenvalue weighted by molar-refractivity contribution is -0.143. The van der Waals surface area contributed by atoms with Gasteiger partial charge in [-0.3, -0.25) is 33.6 Å². The van der Waals surface area contributed by atoms with Crippen LogP contribution in [0.3, 0.4) is 0 Å². The molecule has 0 unspecified atom stereocenters. The molecule has 2 heterocycles. The zero-order valence-electron chi connectivity index (χ0n) is 19.3. The molecule has 2 aromatic rings. The van der Waals surface area contributed by atoms with E-state index < -0.39 is 35.5 Å². The van der Waals surface area contributed by atoms with Crippen LogP contribution in [0.5, 0.6) is 0 Å². The van der Waals surface area contributed by atoms with Gasteiger partial charge in [-0.25, -0.2) is 4.79 Å². The lowest BCUT2D eigenvalue weighted by atomic mass is 9.85. The van der Waals surface area contributed by atoms with Crippen LogP contribution in [-0.2, 0) is 20.9 Å². The zero-order chi connectivity index (χ0) is 24.9. The third kappa shape index (κ3) is 3.69. The second-order valence-corrected chi connectivity index (χ2v) is 9.37. The Morgan fingerprint density at radius 1 is 1.06 bits per heavy atom. The van der Waals surface area contributed by atoms with Gasteiger partial charge in [-0.15, -0.1) is 0 Å². The number of hydrogen-bond acceptors (Lipinski definition) is 6. The second kappa shape index (κ2) is 8.68. The van der Waals surface area contributed by atoms with E-state index >= 15 is 0 Å². The largest absolute Gasteiger partial charge is 0.383 e. The van der Waals surface area contributed by atoms with Crippen molar-refractivity contribution in [2.24, 2.45) is 23.7 Å². The highest BCUT2D eigenvalue weighted by molar-refractivity contribution is 6.10. The number of aromatic nitrogens is 2. The van der Waals surface area contributed by atoms with Crippen molar-refractivity contribution in [1.29, 1.82) is 0 Å². The van der Waals surface area contributed by atoms with Crippen LogP contribution in [0.4, 0.5) is 11.5 Å². The van der Waals surface area contributed by atoms with Crippen LogP contribution in [0.15, 0.2) is 52.1 Å². The minimum atomic E-state index is -0.795. The highest BCUT2D eigenvalue weighted by atomic mass is 16.2. The topological polar surface area (TPSA) is 139 Å². The molecule has 2 aliphatic carbocycles. The number of hydrogen-bond donors (Lipinski definition) is 2. The van der Waals surface area contributed by atoms with Crippen LogP contribution in [0, 0.1) is 23.7 Å². The Kier molecular flexibility index (Phi) is 5.66. The van der Waals surface area contributed by atoms with Crippen molar-refractivity contribution in [3.05, 3.63) is 68.9 Å². The third-order valence-electron chi connectivity index (χ3n) is 7.27. The molecule has 1 saturated heterocycles. The monoisotopic (exact) mass is 477 g/mol. The number of nitrogen functional groups attached to an aromatic ring is 1. The number of nitrogens with one attached hydrogen (secondary N) is 1. The van der Waals surface area contributed by atoms with E-state index in [0.717, 1.165) is 16.9 Å². The molecule has 0 spiro atoms. The van der Waals surface area contributed by atoms with Gasteiger partial charge in [0.2, 0.25) is 17.7 Å². The molecule has 1 aliphatic heterocycles. The second-order valence-electron chi connectivity index (χ2n) is 9.37. The standard InChI is InChI=1S/C25H27N5O5/c1-2-10-28(17(31)13-30-23(33)18-15-8-9-16(11-15)19(18)24(30)34)20-21(26)29(25(35)27-22(20)32)12-14-6-4-3-5-7-14/h3-9,15-16,18-19H,2,10-13,26H2,1H3,(H,27,32,35)/t15-,16-,18-,19-/m0/s1. The molecule has 1 aromatic carbocycles. The minimum absolute atomic E-state index is 0.0355. The van der Waals surface area contributed by atoms with Gasteiger partial charge in [0.1, 0.15) is 12.4 Å². The highest BCUT2D eigenvalue weighted by Gasteiger charge is 2.59. The summed E-state index contributed by atoms with van der Waals surface area (Å²) in [4.78, 5) is 69.3. The average molecular weight is 478 g/mol. The van der Waals surface area contributed by atoms with Crippen molar-refractivity contribution >= 4 is 29.2 Å². The number of carbonyl (C=O) groups excluding carboxylic acids is 3. The lowest BCUT2D eigenvalue weighted by Gasteiger charge is -2.26. The maximum Gasteiger partial charge on any atom is 0.330 e. The SMILES string of the molecule is CCCN(C(=O)CN1C(=O)[C@@H]2[C@@H](C1=O)[C@H]1C=C[C@H]2C1)c1c(N)n(Cc2ccccc2)c(=O)[nH]c1=O. The number of imide groups is 1. The predicted molar refractivity (Wildman–Crippen MR) is 128 cm³/mol. The predicted octanol–water partition coefficient (Wildman–Crippen LogP) is 0.717. The van der Waals surface area contributed by atoms with E-state index in [-0.39, 0.29) is 48.2 Å². The number of H-pyrrole nitrogens is 1. The zero-order valence-corrected chi connectivity index (χ0v) is 19.3. The van der Waals surface area contributed by atoms with Crippen LogP contribution < -0.4 is 21.9 Å². The molecule has 2 bridgehead atoms. The van der Waals surface area contributed by atoms with Gasteiger partial charge in [-0.2, -0.15) is 0 Å². The molecule has 5 rings (SSSR count). The van der Waals surface area contributed by atoms with E-state index in [1.165, 1.54) is 9.47 Å². The number of amides is 3. The number of anilines is 2. The smallest absolute Gasteiger partial charge is 0.330 e. The Labute approximate surface area is 201 Å². The molecule has 3 aliphatic rings. The number of nitrogens with two attached hydrogens (primary N) is 1. The van der Waals surface area contributed by atoms with Crippen LogP contribution in [0.1, 0.15) is 25.3 Å². The summed E-state index contributed by atoms with van der Waals surface area (Å²) in [6.07, 6.45) is 5.26. The summed E-state index contributed by atoms with van der Waals surface area (Å²) < 4.78 is 1.20. The maximum atomic E-state index is 13.4. The molecule has 1 saturated carbocycles. The number of fused-ring (bicyclic) bond motifs is 5. The Hall–Kier alpha value is -3.95. The van der Waals surface area contributed by atoms with Gasteiger partial charge in [0.05, 0.1) is 18.4 Å². The van der Waals surface area contributed by atoms with Crippen LogP contribution in [0.2, 0.25) is 0 Å². The van der Waals surface area contributed by atoms with Crippen molar-refractivity contribution in [2.45, 2.75) is 26.3 Å². The van der Waals surface area contributed by atoms with Gasteiger partial charge in [-0.1, -0.05) is 49.4 Å². The summed E-state index contributed by atoms with van der Waals surface area (Å²) in [6.45, 7) is 1.59. The lowest BCUT2D eigenvalue weighted by Crippen LogP contribution is -2.47. The van der Waals surface area contributed by atoms with Gasteiger partial charge >= 0.3 is 5.69 Å². The molecule has 1 aromatic heterocycles. The normalized spacial score (nSPS) is 24.3. The quantitative estimate of drug-likeness (QED) is 0.445. The number of benzene rings is 1. The first-order chi connectivity index (χ1) is 16.8. The maximum absolute atomic E-state index is 13.4. The van der Waals surface area contributed by atoms with Gasteiger partial charge < -0.3 is 10.6 Å². The van der Waals surface area contributed by atoms with Gasteiger partial charge in [0.15, 0.2) is 5.69 Å². The molecule has 182 valence electrons. The molecule has 35 heavy (non-hydrogen) atoms. The highest BCUT2D eigenvalue weighted by Crippen LogP contribution is 2.52. The molecule has 3 N–H and O–H groups in total. The van der Waals surface area contributed by atoms with E-state index in [2.05, 4.69) is 4.98 Å². The summed E-state index contributed by atoms with van der Waals surface area (Å²) >= 11 is 0.